The van der Waals surface area contributed by atoms with E-state index in [0.717, 1.165) is 3.57 Å². The summed E-state index contributed by atoms with van der Waals surface area (Å²) < 4.78 is 1.08. The zero-order valence-electron chi connectivity index (χ0n) is 8.99. The predicted molar refractivity (Wildman–Crippen MR) is 70.4 cm³/mol. The molecule has 0 saturated carbocycles. The van der Waals surface area contributed by atoms with E-state index in [0.29, 0.717) is 5.56 Å². The molecule has 0 fully saturated rings. The maximum absolute atomic E-state index is 11.6. The summed E-state index contributed by atoms with van der Waals surface area (Å²) >= 11 is 2.21. The van der Waals surface area contributed by atoms with Crippen molar-refractivity contribution in [2.24, 2.45) is 4.99 Å². The fourth-order valence-corrected chi connectivity index (χ4v) is 1.48. The Morgan fingerprint density at radius 3 is 2.67 bits per heavy atom. The van der Waals surface area contributed by atoms with E-state index in [1.807, 2.05) is 33.2 Å². The molecule has 0 N–H and O–H groups in total. The lowest BCUT2D eigenvalue weighted by atomic mass is 10.1. The summed E-state index contributed by atoms with van der Waals surface area (Å²) in [6.07, 6.45) is 1.51. The summed E-state index contributed by atoms with van der Waals surface area (Å²) in [5, 5.41) is 0. The van der Waals surface area contributed by atoms with Gasteiger partial charge in [0.2, 0.25) is 0 Å². The summed E-state index contributed by atoms with van der Waals surface area (Å²) in [7, 11) is 3.66. The molecule has 0 aliphatic carbocycles. The van der Waals surface area contributed by atoms with Gasteiger partial charge in [-0.3, -0.25) is 4.79 Å². The van der Waals surface area contributed by atoms with Crippen molar-refractivity contribution in [3.8, 4) is 0 Å². The van der Waals surface area contributed by atoms with E-state index in [2.05, 4.69) is 27.6 Å². The van der Waals surface area contributed by atoms with Gasteiger partial charge >= 0.3 is 0 Å². The van der Waals surface area contributed by atoms with Gasteiger partial charge < -0.3 is 4.90 Å². The van der Waals surface area contributed by atoms with Gasteiger partial charge in [0, 0.05) is 23.2 Å². The standard InChI is InChI=1S/C11H13IN2O/c1-8-4-5-9(6-10(8)12)11(15)13-7-14(2)3/h4-7H,1-3H3. The number of hydrogen-bond donors (Lipinski definition) is 0. The topological polar surface area (TPSA) is 32.7 Å². The highest BCUT2D eigenvalue weighted by molar-refractivity contribution is 14.1. The first-order valence-corrected chi connectivity index (χ1v) is 5.59. The number of aliphatic imine (C=N–C) groups is 1. The van der Waals surface area contributed by atoms with Crippen LogP contribution in [0.5, 0.6) is 0 Å². The summed E-state index contributed by atoms with van der Waals surface area (Å²) in [4.78, 5) is 17.1. The molecule has 4 heteroatoms. The third-order valence-corrected chi connectivity index (χ3v) is 2.99. The lowest BCUT2D eigenvalue weighted by Crippen LogP contribution is -2.09. The number of carbonyl (C=O) groups is 1. The van der Waals surface area contributed by atoms with Gasteiger partial charge in [0.25, 0.3) is 5.91 Å². The number of amides is 1. The van der Waals surface area contributed by atoms with Crippen LogP contribution < -0.4 is 0 Å². The van der Waals surface area contributed by atoms with E-state index in [-0.39, 0.29) is 5.91 Å². The highest BCUT2D eigenvalue weighted by atomic mass is 127. The smallest absolute Gasteiger partial charge is 0.278 e. The molecule has 0 atom stereocenters. The molecule has 15 heavy (non-hydrogen) atoms. The predicted octanol–water partition coefficient (Wildman–Crippen LogP) is 2.33. The zero-order chi connectivity index (χ0) is 11.4. The molecule has 0 aliphatic rings. The third kappa shape index (κ3) is 3.62. The minimum atomic E-state index is -0.207. The van der Waals surface area contributed by atoms with Gasteiger partial charge in [0.05, 0.1) is 6.34 Å². The Morgan fingerprint density at radius 2 is 2.13 bits per heavy atom. The lowest BCUT2D eigenvalue weighted by molar-refractivity contribution is 0.100. The van der Waals surface area contributed by atoms with Crippen molar-refractivity contribution in [3.05, 3.63) is 32.9 Å². The molecule has 0 unspecified atom stereocenters. The number of hydrogen-bond acceptors (Lipinski definition) is 1. The number of benzene rings is 1. The van der Waals surface area contributed by atoms with Gasteiger partial charge in [-0.15, -0.1) is 0 Å². The SMILES string of the molecule is Cc1ccc(C(=O)N=CN(C)C)cc1I. The average molecular weight is 316 g/mol. The molecule has 0 bridgehead atoms. The highest BCUT2D eigenvalue weighted by Crippen LogP contribution is 2.14. The van der Waals surface area contributed by atoms with E-state index < -0.39 is 0 Å². The van der Waals surface area contributed by atoms with Crippen LogP contribution in [0.3, 0.4) is 0 Å². The fourth-order valence-electron chi connectivity index (χ4n) is 0.968. The van der Waals surface area contributed by atoms with Gasteiger partial charge in [-0.2, -0.15) is 4.99 Å². The van der Waals surface area contributed by atoms with Crippen molar-refractivity contribution in [2.45, 2.75) is 6.92 Å². The summed E-state index contributed by atoms with van der Waals surface area (Å²) in [6.45, 7) is 2.01. The first kappa shape index (κ1) is 12.2. The van der Waals surface area contributed by atoms with Crippen LogP contribution in [0.2, 0.25) is 0 Å². The van der Waals surface area contributed by atoms with Crippen molar-refractivity contribution >= 4 is 34.8 Å². The summed E-state index contributed by atoms with van der Waals surface area (Å²) in [6, 6.07) is 5.58. The van der Waals surface area contributed by atoms with Crippen LogP contribution in [0.15, 0.2) is 23.2 Å². The van der Waals surface area contributed by atoms with Crippen LogP contribution in [0.25, 0.3) is 0 Å². The Morgan fingerprint density at radius 1 is 1.47 bits per heavy atom. The Bertz CT molecular complexity index is 400. The van der Waals surface area contributed by atoms with E-state index >= 15 is 0 Å². The first-order chi connectivity index (χ1) is 7.00. The number of carbonyl (C=O) groups excluding carboxylic acids is 1. The maximum atomic E-state index is 11.6. The van der Waals surface area contributed by atoms with Crippen LogP contribution in [0.4, 0.5) is 0 Å². The van der Waals surface area contributed by atoms with E-state index in [9.17, 15) is 4.79 Å². The molecular weight excluding hydrogens is 303 g/mol. The molecule has 0 heterocycles. The second-order valence-electron chi connectivity index (χ2n) is 3.48. The van der Waals surface area contributed by atoms with Crippen molar-refractivity contribution in [2.75, 3.05) is 14.1 Å². The summed E-state index contributed by atoms with van der Waals surface area (Å²) in [5.74, 6) is -0.207. The summed E-state index contributed by atoms with van der Waals surface area (Å²) in [5.41, 5.74) is 1.80. The number of halogens is 1. The Kier molecular flexibility index (Phi) is 4.26. The number of nitrogens with zero attached hydrogens (tertiary/aromatic N) is 2. The normalized spacial score (nSPS) is 10.7. The molecule has 0 radical (unpaired) electrons. The quantitative estimate of drug-likeness (QED) is 0.477. The second-order valence-corrected chi connectivity index (χ2v) is 4.64. The molecule has 80 valence electrons. The Hall–Kier alpha value is -0.910. The zero-order valence-corrected chi connectivity index (χ0v) is 11.1. The minimum Gasteiger partial charge on any atom is -0.369 e. The van der Waals surface area contributed by atoms with Gasteiger partial charge in [0.1, 0.15) is 0 Å². The van der Waals surface area contributed by atoms with Crippen molar-refractivity contribution in [1.82, 2.24) is 4.90 Å². The maximum Gasteiger partial charge on any atom is 0.278 e. The second kappa shape index (κ2) is 5.25. The number of rotatable bonds is 2. The lowest BCUT2D eigenvalue weighted by Gasteiger charge is -2.03. The van der Waals surface area contributed by atoms with Gasteiger partial charge in [-0.1, -0.05) is 6.07 Å². The minimum absolute atomic E-state index is 0.207. The highest BCUT2D eigenvalue weighted by Gasteiger charge is 2.04. The molecule has 1 rings (SSSR count). The van der Waals surface area contributed by atoms with E-state index in [4.69, 9.17) is 0 Å². The van der Waals surface area contributed by atoms with Gasteiger partial charge in [-0.05, 0) is 47.2 Å². The van der Waals surface area contributed by atoms with Crippen LogP contribution in [-0.2, 0) is 0 Å². The van der Waals surface area contributed by atoms with Crippen LogP contribution >= 0.6 is 22.6 Å². The third-order valence-electron chi connectivity index (χ3n) is 1.82. The van der Waals surface area contributed by atoms with Gasteiger partial charge in [-0.25, -0.2) is 0 Å². The first-order valence-electron chi connectivity index (χ1n) is 4.52. The molecule has 0 aliphatic heterocycles. The van der Waals surface area contributed by atoms with Crippen LogP contribution in [-0.4, -0.2) is 31.2 Å². The molecule has 0 aromatic heterocycles. The van der Waals surface area contributed by atoms with E-state index in [1.165, 1.54) is 11.9 Å². The molecule has 3 nitrogen and oxygen atoms in total. The Labute approximate surface area is 103 Å². The molecule has 0 saturated heterocycles. The van der Waals surface area contributed by atoms with E-state index in [1.54, 1.807) is 11.0 Å². The van der Waals surface area contributed by atoms with Gasteiger partial charge in [0.15, 0.2) is 0 Å². The van der Waals surface area contributed by atoms with Crippen LogP contribution in [0, 0.1) is 10.5 Å². The molecule has 1 aromatic rings. The molecular formula is C11H13IN2O. The average Bonchev–Trinajstić information content (AvgIpc) is 2.18. The fraction of sp³-hybridized carbons (Fsp3) is 0.273. The molecule has 1 aromatic carbocycles. The van der Waals surface area contributed by atoms with Crippen molar-refractivity contribution in [3.63, 3.8) is 0 Å². The monoisotopic (exact) mass is 316 g/mol. The van der Waals surface area contributed by atoms with Crippen LogP contribution in [0.1, 0.15) is 15.9 Å². The molecule has 1 amide bonds. The Balaban J connectivity index is 2.88. The molecule has 0 spiro atoms. The van der Waals surface area contributed by atoms with Crippen molar-refractivity contribution < 1.29 is 4.79 Å². The van der Waals surface area contributed by atoms with Crippen molar-refractivity contribution in [1.29, 1.82) is 0 Å². The largest absolute Gasteiger partial charge is 0.369 e. The number of aryl methyl sites for hydroxylation is 1.